The lowest BCUT2D eigenvalue weighted by Crippen LogP contribution is -2.53. The molecule has 1 atom stereocenters. The van der Waals surface area contributed by atoms with Gasteiger partial charge in [-0.25, -0.2) is 0 Å². The van der Waals surface area contributed by atoms with Crippen molar-refractivity contribution in [1.29, 1.82) is 0 Å². The number of hydrogen-bond acceptors (Lipinski definition) is 3. The molecule has 1 aromatic carbocycles. The highest BCUT2D eigenvalue weighted by molar-refractivity contribution is 5.81. The van der Waals surface area contributed by atoms with Crippen molar-refractivity contribution in [1.82, 2.24) is 15.1 Å². The SMILES string of the molecule is CC(C)CC(=O)N1CCC(NC(=O)C(C)N2CCC(Cc3ccccc3)CC2)CC1. The average molecular weight is 414 g/mol. The first-order chi connectivity index (χ1) is 14.4. The van der Waals surface area contributed by atoms with E-state index in [1.165, 1.54) is 5.56 Å². The first-order valence-corrected chi connectivity index (χ1v) is 11.8. The van der Waals surface area contributed by atoms with Gasteiger partial charge in [-0.3, -0.25) is 14.5 Å². The number of likely N-dealkylation sites (tertiary alicyclic amines) is 2. The fourth-order valence-electron chi connectivity index (χ4n) is 4.73. The van der Waals surface area contributed by atoms with Gasteiger partial charge in [0, 0.05) is 25.6 Å². The Labute approximate surface area is 182 Å². The van der Waals surface area contributed by atoms with Gasteiger partial charge in [0.1, 0.15) is 0 Å². The van der Waals surface area contributed by atoms with Gasteiger partial charge in [0.25, 0.3) is 0 Å². The predicted molar refractivity (Wildman–Crippen MR) is 121 cm³/mol. The van der Waals surface area contributed by atoms with E-state index in [2.05, 4.69) is 54.4 Å². The lowest BCUT2D eigenvalue weighted by Gasteiger charge is -2.37. The first-order valence-electron chi connectivity index (χ1n) is 11.8. The highest BCUT2D eigenvalue weighted by Gasteiger charge is 2.29. The number of benzene rings is 1. The second-order valence-electron chi connectivity index (χ2n) is 9.61. The summed E-state index contributed by atoms with van der Waals surface area (Å²) in [6, 6.07) is 10.8. The van der Waals surface area contributed by atoms with Gasteiger partial charge in [0.15, 0.2) is 0 Å². The molecule has 5 nitrogen and oxygen atoms in total. The third-order valence-corrected chi connectivity index (χ3v) is 6.72. The Morgan fingerprint density at radius 3 is 2.20 bits per heavy atom. The van der Waals surface area contributed by atoms with Gasteiger partial charge >= 0.3 is 0 Å². The van der Waals surface area contributed by atoms with Crippen LogP contribution >= 0.6 is 0 Å². The molecule has 2 aliphatic heterocycles. The van der Waals surface area contributed by atoms with Crippen molar-refractivity contribution in [3.05, 3.63) is 35.9 Å². The highest BCUT2D eigenvalue weighted by atomic mass is 16.2. The second-order valence-corrected chi connectivity index (χ2v) is 9.61. The standard InChI is InChI=1S/C25H39N3O2/c1-19(2)17-24(29)28-15-11-23(12-16-28)26-25(30)20(3)27-13-9-22(10-14-27)18-21-7-5-4-6-8-21/h4-8,19-20,22-23H,9-18H2,1-3H3,(H,26,30). The van der Waals surface area contributed by atoms with Crippen LogP contribution in [0.1, 0.15) is 58.4 Å². The Kier molecular flexibility index (Phi) is 8.32. The highest BCUT2D eigenvalue weighted by Crippen LogP contribution is 2.23. The molecule has 0 aliphatic carbocycles. The Hall–Kier alpha value is -1.88. The maximum atomic E-state index is 12.8. The molecule has 1 N–H and O–H groups in total. The van der Waals surface area contributed by atoms with E-state index in [1.807, 2.05) is 11.8 Å². The molecule has 166 valence electrons. The number of piperidine rings is 2. The molecule has 0 bridgehead atoms. The van der Waals surface area contributed by atoms with Crippen LogP contribution in [-0.2, 0) is 16.0 Å². The molecular formula is C25H39N3O2. The summed E-state index contributed by atoms with van der Waals surface area (Å²) >= 11 is 0. The van der Waals surface area contributed by atoms with Crippen molar-refractivity contribution in [2.24, 2.45) is 11.8 Å². The largest absolute Gasteiger partial charge is 0.352 e. The fourth-order valence-corrected chi connectivity index (χ4v) is 4.73. The second kappa shape index (κ2) is 10.9. The lowest BCUT2D eigenvalue weighted by molar-refractivity contribution is -0.133. The minimum absolute atomic E-state index is 0.0803. The van der Waals surface area contributed by atoms with Crippen LogP contribution < -0.4 is 5.32 Å². The van der Waals surface area contributed by atoms with Crippen LogP contribution in [0.5, 0.6) is 0 Å². The molecule has 1 unspecified atom stereocenters. The zero-order valence-electron chi connectivity index (χ0n) is 19.0. The number of hydrogen-bond donors (Lipinski definition) is 1. The molecule has 1 aromatic rings. The van der Waals surface area contributed by atoms with Crippen LogP contribution in [0, 0.1) is 11.8 Å². The summed E-state index contributed by atoms with van der Waals surface area (Å²) in [5.41, 5.74) is 1.42. The van der Waals surface area contributed by atoms with Gasteiger partial charge in [0.05, 0.1) is 6.04 Å². The van der Waals surface area contributed by atoms with E-state index in [0.717, 1.165) is 58.3 Å². The summed E-state index contributed by atoms with van der Waals surface area (Å²) in [5, 5.41) is 3.25. The van der Waals surface area contributed by atoms with Gasteiger partial charge in [-0.05, 0) is 69.5 Å². The van der Waals surface area contributed by atoms with Gasteiger partial charge in [-0.1, -0.05) is 44.2 Å². The zero-order chi connectivity index (χ0) is 21.5. The number of carbonyl (C=O) groups is 2. The first kappa shape index (κ1) is 22.8. The Bertz CT molecular complexity index is 675. The molecule has 2 amide bonds. The molecule has 2 fully saturated rings. The molecule has 5 heteroatoms. The summed E-state index contributed by atoms with van der Waals surface area (Å²) in [4.78, 5) is 29.3. The number of nitrogens with one attached hydrogen (secondary N) is 1. The molecular weight excluding hydrogens is 374 g/mol. The van der Waals surface area contributed by atoms with Crippen molar-refractivity contribution in [3.8, 4) is 0 Å². The third kappa shape index (κ3) is 6.56. The Balaban J connectivity index is 1.38. The van der Waals surface area contributed by atoms with E-state index >= 15 is 0 Å². The van der Waals surface area contributed by atoms with Crippen LogP contribution in [0.3, 0.4) is 0 Å². The van der Waals surface area contributed by atoms with E-state index in [0.29, 0.717) is 18.3 Å². The number of carbonyl (C=O) groups excluding carboxylic acids is 2. The summed E-state index contributed by atoms with van der Waals surface area (Å²) < 4.78 is 0. The van der Waals surface area contributed by atoms with Gasteiger partial charge < -0.3 is 10.2 Å². The minimum Gasteiger partial charge on any atom is -0.352 e. The van der Waals surface area contributed by atoms with E-state index in [-0.39, 0.29) is 23.9 Å². The molecule has 2 heterocycles. The molecule has 2 saturated heterocycles. The van der Waals surface area contributed by atoms with Crippen molar-refractivity contribution in [2.75, 3.05) is 26.2 Å². The summed E-state index contributed by atoms with van der Waals surface area (Å²) in [5.74, 6) is 1.50. The third-order valence-electron chi connectivity index (χ3n) is 6.72. The van der Waals surface area contributed by atoms with Gasteiger partial charge in [-0.2, -0.15) is 0 Å². The minimum atomic E-state index is -0.0803. The molecule has 3 rings (SSSR count). The van der Waals surface area contributed by atoms with Crippen LogP contribution in [-0.4, -0.2) is 59.9 Å². The Morgan fingerprint density at radius 2 is 1.60 bits per heavy atom. The summed E-state index contributed by atoms with van der Waals surface area (Å²) in [7, 11) is 0. The van der Waals surface area contributed by atoms with Crippen molar-refractivity contribution in [2.45, 2.75) is 71.4 Å². The smallest absolute Gasteiger partial charge is 0.237 e. The van der Waals surface area contributed by atoms with E-state index in [1.54, 1.807) is 0 Å². The van der Waals surface area contributed by atoms with Crippen LogP contribution in [0.4, 0.5) is 0 Å². The molecule has 30 heavy (non-hydrogen) atoms. The maximum Gasteiger partial charge on any atom is 0.237 e. The topological polar surface area (TPSA) is 52.7 Å². The van der Waals surface area contributed by atoms with Gasteiger partial charge in [-0.15, -0.1) is 0 Å². The summed E-state index contributed by atoms with van der Waals surface area (Å²) in [6.07, 6.45) is 5.80. The van der Waals surface area contributed by atoms with E-state index in [9.17, 15) is 9.59 Å². The normalized spacial score (nSPS) is 20.3. The quantitative estimate of drug-likeness (QED) is 0.745. The fraction of sp³-hybridized carbons (Fsp3) is 0.680. The molecule has 0 saturated carbocycles. The average Bonchev–Trinajstić information content (AvgIpc) is 2.74. The maximum absolute atomic E-state index is 12.8. The van der Waals surface area contributed by atoms with Crippen molar-refractivity contribution >= 4 is 11.8 Å². The molecule has 0 aromatic heterocycles. The number of amides is 2. The monoisotopic (exact) mass is 413 g/mol. The van der Waals surface area contributed by atoms with Crippen molar-refractivity contribution in [3.63, 3.8) is 0 Å². The predicted octanol–water partition coefficient (Wildman–Crippen LogP) is 3.48. The molecule has 0 radical (unpaired) electrons. The number of rotatable bonds is 7. The summed E-state index contributed by atoms with van der Waals surface area (Å²) in [6.45, 7) is 9.70. The van der Waals surface area contributed by atoms with Gasteiger partial charge in [0.2, 0.25) is 11.8 Å². The molecule has 0 spiro atoms. The van der Waals surface area contributed by atoms with Crippen LogP contribution in [0.25, 0.3) is 0 Å². The van der Waals surface area contributed by atoms with Crippen molar-refractivity contribution < 1.29 is 9.59 Å². The lowest BCUT2D eigenvalue weighted by atomic mass is 9.89. The Morgan fingerprint density at radius 1 is 0.967 bits per heavy atom. The number of nitrogens with zero attached hydrogens (tertiary/aromatic N) is 2. The van der Waals surface area contributed by atoms with Crippen LogP contribution in [0.15, 0.2) is 30.3 Å². The zero-order valence-corrected chi connectivity index (χ0v) is 19.0. The van der Waals surface area contributed by atoms with E-state index < -0.39 is 0 Å². The van der Waals surface area contributed by atoms with Crippen LogP contribution in [0.2, 0.25) is 0 Å². The van der Waals surface area contributed by atoms with E-state index in [4.69, 9.17) is 0 Å². The molecule has 2 aliphatic rings.